The molecule has 0 radical (unpaired) electrons. The Hall–Kier alpha value is -3.43. The zero-order valence-electron chi connectivity index (χ0n) is 15.1. The van der Waals surface area contributed by atoms with Crippen LogP contribution >= 0.6 is 0 Å². The first-order valence-electron chi connectivity index (χ1n) is 8.21. The van der Waals surface area contributed by atoms with Crippen LogP contribution in [0.4, 0.5) is 15.3 Å². The largest absolute Gasteiger partial charge is 0.463 e. The molecule has 1 aromatic rings. The lowest BCUT2D eigenvalue weighted by atomic mass is 9.93. The van der Waals surface area contributed by atoms with E-state index in [1.807, 2.05) is 0 Å². The van der Waals surface area contributed by atoms with Gasteiger partial charge in [0.1, 0.15) is 6.04 Å². The average Bonchev–Trinajstić information content (AvgIpc) is 2.61. The van der Waals surface area contributed by atoms with Gasteiger partial charge in [0.15, 0.2) is 0 Å². The van der Waals surface area contributed by atoms with Crippen LogP contribution in [0.2, 0.25) is 0 Å². The quantitative estimate of drug-likeness (QED) is 0.474. The number of hydrogen-bond acceptors (Lipinski definition) is 7. The number of carbonyl (C=O) groups is 3. The van der Waals surface area contributed by atoms with E-state index < -0.39 is 29.1 Å². The minimum atomic E-state index is -1.23. The Labute approximate surface area is 154 Å². The van der Waals surface area contributed by atoms with Gasteiger partial charge >= 0.3 is 18.1 Å². The van der Waals surface area contributed by atoms with E-state index in [4.69, 9.17) is 9.47 Å². The lowest BCUT2D eigenvalue weighted by Gasteiger charge is -2.35. The maximum absolute atomic E-state index is 12.5. The Morgan fingerprint density at radius 1 is 1.26 bits per heavy atom. The Balaban J connectivity index is 2.66. The van der Waals surface area contributed by atoms with E-state index in [1.165, 1.54) is 31.2 Å². The van der Waals surface area contributed by atoms with Crippen molar-refractivity contribution in [3.63, 3.8) is 0 Å². The number of rotatable bonds is 5. The minimum absolute atomic E-state index is 0.00169. The molecule has 0 saturated heterocycles. The van der Waals surface area contributed by atoms with Crippen LogP contribution < -0.4 is 5.32 Å². The van der Waals surface area contributed by atoms with Crippen LogP contribution in [0.25, 0.3) is 0 Å². The fourth-order valence-corrected chi connectivity index (χ4v) is 2.72. The third kappa shape index (κ3) is 4.05. The number of benzene rings is 1. The van der Waals surface area contributed by atoms with Crippen molar-refractivity contribution in [3.8, 4) is 0 Å². The first-order chi connectivity index (χ1) is 12.8. The lowest BCUT2D eigenvalue weighted by Crippen LogP contribution is -2.51. The zero-order valence-corrected chi connectivity index (χ0v) is 15.1. The molecule has 1 atom stereocenters. The molecule has 0 bridgehead atoms. The molecule has 0 aromatic heterocycles. The number of nitrogens with zero attached hydrogens (tertiary/aromatic N) is 2. The summed E-state index contributed by atoms with van der Waals surface area (Å²) >= 11 is 0. The highest BCUT2D eigenvalue weighted by Crippen LogP contribution is 2.36. The molecule has 1 N–H and O–H groups in total. The Bertz CT molecular complexity index is 818. The van der Waals surface area contributed by atoms with Gasteiger partial charge in [-0.15, -0.1) is 0 Å². The van der Waals surface area contributed by atoms with Gasteiger partial charge in [-0.25, -0.2) is 19.3 Å². The second kappa shape index (κ2) is 8.30. The Morgan fingerprint density at radius 2 is 1.93 bits per heavy atom. The second-order valence-corrected chi connectivity index (χ2v) is 5.51. The number of allylic oxidation sites excluding steroid dienone is 1. The molecule has 2 rings (SSSR count). The SMILES string of the molecule is CCOC(=O)C1=C(C)NC(=O)N(C(=O)OCC)C1c1cccc([N+](=O)[O-])c1. The summed E-state index contributed by atoms with van der Waals surface area (Å²) in [6.45, 7) is 4.74. The highest BCUT2D eigenvalue weighted by molar-refractivity contribution is 6.00. The molecule has 0 fully saturated rings. The molecule has 0 spiro atoms. The van der Waals surface area contributed by atoms with Gasteiger partial charge in [-0.1, -0.05) is 12.1 Å². The molecule has 1 unspecified atom stereocenters. The van der Waals surface area contributed by atoms with Gasteiger partial charge in [0.25, 0.3) is 5.69 Å². The van der Waals surface area contributed by atoms with Crippen molar-refractivity contribution in [2.45, 2.75) is 26.8 Å². The zero-order chi connectivity index (χ0) is 20.1. The number of ether oxygens (including phenoxy) is 2. The first kappa shape index (κ1) is 19.9. The van der Waals surface area contributed by atoms with Gasteiger partial charge in [-0.05, 0) is 26.3 Å². The predicted molar refractivity (Wildman–Crippen MR) is 92.6 cm³/mol. The number of nitrogens with one attached hydrogen (secondary N) is 1. The summed E-state index contributed by atoms with van der Waals surface area (Å²) in [7, 11) is 0. The van der Waals surface area contributed by atoms with Crippen LogP contribution in [0, 0.1) is 10.1 Å². The van der Waals surface area contributed by atoms with Crippen molar-refractivity contribution in [2.24, 2.45) is 0 Å². The van der Waals surface area contributed by atoms with Crippen LogP contribution in [0.5, 0.6) is 0 Å². The van der Waals surface area contributed by atoms with E-state index in [0.29, 0.717) is 4.90 Å². The molecule has 10 nitrogen and oxygen atoms in total. The molecule has 1 aliphatic heterocycles. The number of nitro groups is 1. The summed E-state index contributed by atoms with van der Waals surface area (Å²) in [6.07, 6.45) is -0.985. The van der Waals surface area contributed by atoms with Crippen LogP contribution in [-0.4, -0.2) is 41.1 Å². The van der Waals surface area contributed by atoms with Gasteiger partial charge in [0.05, 0.1) is 23.7 Å². The summed E-state index contributed by atoms with van der Waals surface area (Å²) in [6, 6.07) is 3.31. The van der Waals surface area contributed by atoms with E-state index in [1.54, 1.807) is 13.8 Å². The standard InChI is InChI=1S/C17H19N3O7/c1-4-26-15(21)13-10(3)18-16(22)19(17(23)27-5-2)14(13)11-7-6-8-12(9-11)20(24)25/h6-9,14H,4-5H2,1-3H3,(H,18,22). The Kier molecular flexibility index (Phi) is 6.11. The minimum Gasteiger partial charge on any atom is -0.463 e. The van der Waals surface area contributed by atoms with Gasteiger partial charge in [-0.3, -0.25) is 10.1 Å². The van der Waals surface area contributed by atoms with Crippen molar-refractivity contribution < 1.29 is 28.8 Å². The number of nitro benzene ring substituents is 1. The summed E-state index contributed by atoms with van der Waals surface area (Å²) < 4.78 is 9.97. The molecule has 1 heterocycles. The first-order valence-corrected chi connectivity index (χ1v) is 8.21. The van der Waals surface area contributed by atoms with Crippen molar-refractivity contribution in [1.82, 2.24) is 10.2 Å². The van der Waals surface area contributed by atoms with E-state index in [2.05, 4.69) is 5.32 Å². The number of urea groups is 1. The van der Waals surface area contributed by atoms with Crippen molar-refractivity contribution in [1.29, 1.82) is 0 Å². The molecule has 3 amide bonds. The van der Waals surface area contributed by atoms with Crippen LogP contribution in [0.1, 0.15) is 32.4 Å². The van der Waals surface area contributed by atoms with Crippen LogP contribution in [0.3, 0.4) is 0 Å². The normalized spacial score (nSPS) is 16.6. The fourth-order valence-electron chi connectivity index (χ4n) is 2.72. The number of non-ortho nitro benzene ring substituents is 1. The van der Waals surface area contributed by atoms with Crippen molar-refractivity contribution >= 4 is 23.8 Å². The summed E-state index contributed by atoms with van der Waals surface area (Å²) in [5.74, 6) is -0.749. The van der Waals surface area contributed by atoms with Crippen molar-refractivity contribution in [2.75, 3.05) is 13.2 Å². The molecule has 0 saturated carbocycles. The average molecular weight is 377 g/mol. The third-order valence-electron chi connectivity index (χ3n) is 3.81. The van der Waals surface area contributed by atoms with Crippen LogP contribution in [-0.2, 0) is 14.3 Å². The molecular weight excluding hydrogens is 358 g/mol. The smallest absolute Gasteiger partial charge is 0.418 e. The molecule has 0 aliphatic carbocycles. The molecule has 27 heavy (non-hydrogen) atoms. The summed E-state index contributed by atoms with van der Waals surface area (Å²) in [5, 5.41) is 13.5. The summed E-state index contributed by atoms with van der Waals surface area (Å²) in [4.78, 5) is 48.5. The molecule has 10 heteroatoms. The lowest BCUT2D eigenvalue weighted by molar-refractivity contribution is -0.384. The molecule has 1 aliphatic rings. The van der Waals surface area contributed by atoms with Gasteiger partial charge in [0, 0.05) is 17.8 Å². The van der Waals surface area contributed by atoms with E-state index in [0.717, 1.165) is 0 Å². The number of imide groups is 1. The van der Waals surface area contributed by atoms with Gasteiger partial charge < -0.3 is 14.8 Å². The van der Waals surface area contributed by atoms with Crippen LogP contribution in [0.15, 0.2) is 35.5 Å². The number of esters is 1. The van der Waals surface area contributed by atoms with E-state index >= 15 is 0 Å². The van der Waals surface area contributed by atoms with E-state index in [9.17, 15) is 24.5 Å². The summed E-state index contributed by atoms with van der Waals surface area (Å²) in [5.41, 5.74) is 0.137. The highest BCUT2D eigenvalue weighted by atomic mass is 16.6. The third-order valence-corrected chi connectivity index (χ3v) is 3.81. The fraction of sp³-hybridized carbons (Fsp3) is 0.353. The number of amides is 3. The van der Waals surface area contributed by atoms with Gasteiger partial charge in [0.2, 0.25) is 0 Å². The topological polar surface area (TPSA) is 128 Å². The maximum Gasteiger partial charge on any atom is 0.418 e. The maximum atomic E-state index is 12.5. The molecule has 144 valence electrons. The predicted octanol–water partition coefficient (Wildman–Crippen LogP) is 2.65. The molecule has 1 aromatic carbocycles. The number of carbonyl (C=O) groups excluding carboxylic acids is 3. The van der Waals surface area contributed by atoms with Gasteiger partial charge in [-0.2, -0.15) is 0 Å². The highest BCUT2D eigenvalue weighted by Gasteiger charge is 2.43. The Morgan fingerprint density at radius 3 is 2.52 bits per heavy atom. The monoisotopic (exact) mass is 377 g/mol. The number of hydrogen-bond donors (Lipinski definition) is 1. The second-order valence-electron chi connectivity index (χ2n) is 5.51. The van der Waals surface area contributed by atoms with Crippen molar-refractivity contribution in [3.05, 3.63) is 51.2 Å². The molecular formula is C17H19N3O7. The van der Waals surface area contributed by atoms with E-state index in [-0.39, 0.29) is 35.7 Å².